The van der Waals surface area contributed by atoms with Crippen LogP contribution >= 0.6 is 0 Å². The van der Waals surface area contributed by atoms with E-state index < -0.39 is 10.0 Å². The van der Waals surface area contributed by atoms with Crippen LogP contribution in [0.4, 0.5) is 5.69 Å². The molecular formula is C13H19N5O2S. The molecule has 8 heteroatoms. The highest BCUT2D eigenvalue weighted by Crippen LogP contribution is 2.19. The van der Waals surface area contributed by atoms with Crippen molar-refractivity contribution in [3.8, 4) is 0 Å². The summed E-state index contributed by atoms with van der Waals surface area (Å²) in [4.78, 5) is 0.239. The van der Waals surface area contributed by atoms with E-state index in [1.807, 2.05) is 14.0 Å². The van der Waals surface area contributed by atoms with Crippen molar-refractivity contribution >= 4 is 15.7 Å². The molecule has 1 aromatic heterocycles. The second-order valence-electron chi connectivity index (χ2n) is 4.73. The average molecular weight is 309 g/mol. The van der Waals surface area contributed by atoms with Crippen molar-refractivity contribution in [1.29, 1.82) is 0 Å². The van der Waals surface area contributed by atoms with Crippen LogP contribution in [-0.4, -0.2) is 29.7 Å². The lowest BCUT2D eigenvalue weighted by Crippen LogP contribution is -2.27. The normalized spacial score (nSPS) is 11.7. The molecule has 0 fully saturated rings. The Morgan fingerprint density at radius 1 is 1.38 bits per heavy atom. The maximum absolute atomic E-state index is 12.4. The van der Waals surface area contributed by atoms with Gasteiger partial charge in [-0.3, -0.25) is 0 Å². The Morgan fingerprint density at radius 3 is 2.76 bits per heavy atom. The molecule has 0 amide bonds. The smallest absolute Gasteiger partial charge is 0.240 e. The first-order chi connectivity index (χ1) is 9.94. The van der Waals surface area contributed by atoms with E-state index >= 15 is 0 Å². The molecule has 3 N–H and O–H groups in total. The van der Waals surface area contributed by atoms with Crippen LogP contribution in [0, 0.1) is 0 Å². The highest BCUT2D eigenvalue weighted by atomic mass is 32.2. The monoisotopic (exact) mass is 309 g/mol. The second-order valence-corrected chi connectivity index (χ2v) is 6.46. The quantitative estimate of drug-likeness (QED) is 0.756. The number of nitrogens with one attached hydrogen (secondary N) is 1. The zero-order valence-electron chi connectivity index (χ0n) is 12.1. The zero-order valence-corrected chi connectivity index (χ0v) is 12.9. The van der Waals surface area contributed by atoms with Crippen molar-refractivity contribution in [2.45, 2.75) is 24.7 Å². The predicted molar refractivity (Wildman–Crippen MR) is 80.1 cm³/mol. The fourth-order valence-corrected chi connectivity index (χ4v) is 3.40. The Kier molecular flexibility index (Phi) is 4.59. The first-order valence-corrected chi connectivity index (χ1v) is 8.13. The molecule has 114 valence electrons. The number of sulfonamides is 1. The Bertz CT molecular complexity index is 724. The number of benzene rings is 1. The molecule has 1 heterocycles. The summed E-state index contributed by atoms with van der Waals surface area (Å²) < 4.78 is 29.1. The van der Waals surface area contributed by atoms with Gasteiger partial charge in [0.25, 0.3) is 0 Å². The summed E-state index contributed by atoms with van der Waals surface area (Å²) in [7, 11) is -1.76. The van der Waals surface area contributed by atoms with E-state index in [2.05, 4.69) is 14.9 Å². The lowest BCUT2D eigenvalue weighted by molar-refractivity contribution is 0.579. The Balaban J connectivity index is 2.12. The van der Waals surface area contributed by atoms with Gasteiger partial charge < -0.3 is 10.3 Å². The Morgan fingerprint density at radius 2 is 2.14 bits per heavy atom. The van der Waals surface area contributed by atoms with Crippen LogP contribution < -0.4 is 10.5 Å². The summed E-state index contributed by atoms with van der Waals surface area (Å²) in [6.45, 7) is 2.16. The minimum Gasteiger partial charge on any atom is -0.399 e. The van der Waals surface area contributed by atoms with E-state index in [1.165, 1.54) is 6.07 Å². The van der Waals surface area contributed by atoms with E-state index in [0.717, 1.165) is 11.4 Å². The maximum atomic E-state index is 12.4. The Labute approximate surface area is 124 Å². The molecule has 0 saturated heterocycles. The van der Waals surface area contributed by atoms with Crippen LogP contribution in [0.15, 0.2) is 29.4 Å². The molecule has 1 aromatic carbocycles. The number of aromatic nitrogens is 3. The van der Waals surface area contributed by atoms with Gasteiger partial charge >= 0.3 is 0 Å². The van der Waals surface area contributed by atoms with Gasteiger partial charge in [-0.15, -0.1) is 10.2 Å². The maximum Gasteiger partial charge on any atom is 0.240 e. The molecule has 21 heavy (non-hydrogen) atoms. The van der Waals surface area contributed by atoms with Crippen molar-refractivity contribution in [2.24, 2.45) is 7.05 Å². The molecule has 2 aromatic rings. The highest BCUT2D eigenvalue weighted by Gasteiger charge is 2.18. The predicted octanol–water partition coefficient (Wildman–Crippen LogP) is 0.481. The number of hydrogen-bond acceptors (Lipinski definition) is 5. The first kappa shape index (κ1) is 15.5. The SMILES string of the molecule is CCc1ccc(N)cc1S(=O)(=O)NCCc1nncn1C. The average Bonchev–Trinajstić information content (AvgIpc) is 2.84. The fourth-order valence-electron chi connectivity index (χ4n) is 2.02. The van der Waals surface area contributed by atoms with Gasteiger partial charge in [-0.1, -0.05) is 13.0 Å². The van der Waals surface area contributed by atoms with Crippen LogP contribution in [0.5, 0.6) is 0 Å². The van der Waals surface area contributed by atoms with E-state index in [1.54, 1.807) is 23.0 Å². The number of anilines is 1. The summed E-state index contributed by atoms with van der Waals surface area (Å²) >= 11 is 0. The van der Waals surface area contributed by atoms with Crippen LogP contribution in [0.1, 0.15) is 18.3 Å². The van der Waals surface area contributed by atoms with E-state index in [-0.39, 0.29) is 11.4 Å². The van der Waals surface area contributed by atoms with Crippen molar-refractivity contribution < 1.29 is 8.42 Å². The van der Waals surface area contributed by atoms with Gasteiger partial charge in [0, 0.05) is 25.7 Å². The van der Waals surface area contributed by atoms with E-state index in [0.29, 0.717) is 18.5 Å². The second kappa shape index (κ2) is 6.23. The molecule has 0 atom stereocenters. The molecular weight excluding hydrogens is 290 g/mol. The summed E-state index contributed by atoms with van der Waals surface area (Å²) in [5.41, 5.74) is 6.87. The summed E-state index contributed by atoms with van der Waals surface area (Å²) in [6.07, 6.45) is 2.68. The van der Waals surface area contributed by atoms with Crippen LogP contribution in [-0.2, 0) is 29.9 Å². The number of rotatable bonds is 6. The van der Waals surface area contributed by atoms with Crippen molar-refractivity contribution in [1.82, 2.24) is 19.5 Å². The molecule has 2 rings (SSSR count). The molecule has 7 nitrogen and oxygen atoms in total. The summed E-state index contributed by atoms with van der Waals surface area (Å²) in [5.74, 6) is 0.723. The molecule has 0 saturated carbocycles. The number of hydrogen-bond donors (Lipinski definition) is 2. The third-order valence-electron chi connectivity index (χ3n) is 3.21. The molecule has 0 aliphatic heterocycles. The van der Waals surface area contributed by atoms with Gasteiger partial charge in [0.05, 0.1) is 4.90 Å². The van der Waals surface area contributed by atoms with Gasteiger partial charge in [-0.05, 0) is 24.1 Å². The molecule has 0 bridgehead atoms. The summed E-state index contributed by atoms with van der Waals surface area (Å²) in [6, 6.07) is 4.94. The van der Waals surface area contributed by atoms with Crippen molar-refractivity contribution in [3.63, 3.8) is 0 Å². The van der Waals surface area contributed by atoms with Gasteiger partial charge in [0.1, 0.15) is 12.2 Å². The largest absolute Gasteiger partial charge is 0.399 e. The standard InChI is InChI=1S/C13H19N5O2S/c1-3-10-4-5-11(14)8-12(10)21(19,20)16-7-6-13-17-15-9-18(13)2/h4-5,8-9,16H,3,6-7,14H2,1-2H3. The van der Waals surface area contributed by atoms with Gasteiger partial charge in [-0.25, -0.2) is 13.1 Å². The number of nitrogens with two attached hydrogens (primary N) is 1. The third-order valence-corrected chi connectivity index (χ3v) is 4.75. The highest BCUT2D eigenvalue weighted by molar-refractivity contribution is 7.89. The van der Waals surface area contributed by atoms with Gasteiger partial charge in [-0.2, -0.15) is 0 Å². The number of aryl methyl sites for hydroxylation is 2. The van der Waals surface area contributed by atoms with Crippen LogP contribution in [0.3, 0.4) is 0 Å². The third kappa shape index (κ3) is 3.59. The topological polar surface area (TPSA) is 103 Å². The molecule has 0 aliphatic carbocycles. The van der Waals surface area contributed by atoms with E-state index in [9.17, 15) is 8.42 Å². The molecule has 0 unspecified atom stereocenters. The number of nitrogens with zero attached hydrogens (tertiary/aromatic N) is 3. The first-order valence-electron chi connectivity index (χ1n) is 6.65. The van der Waals surface area contributed by atoms with Crippen LogP contribution in [0.2, 0.25) is 0 Å². The van der Waals surface area contributed by atoms with Gasteiger partial charge in [0.15, 0.2) is 0 Å². The van der Waals surface area contributed by atoms with Gasteiger partial charge in [0.2, 0.25) is 10.0 Å². The van der Waals surface area contributed by atoms with Crippen molar-refractivity contribution in [3.05, 3.63) is 35.9 Å². The number of nitrogen functional groups attached to an aromatic ring is 1. The fraction of sp³-hybridized carbons (Fsp3) is 0.385. The minimum atomic E-state index is -3.58. The lowest BCUT2D eigenvalue weighted by atomic mass is 10.1. The van der Waals surface area contributed by atoms with Crippen molar-refractivity contribution in [2.75, 3.05) is 12.3 Å². The summed E-state index contributed by atoms with van der Waals surface area (Å²) in [5, 5.41) is 7.67. The van der Waals surface area contributed by atoms with Crippen LogP contribution in [0.25, 0.3) is 0 Å². The zero-order chi connectivity index (χ0) is 15.5. The van der Waals surface area contributed by atoms with E-state index in [4.69, 9.17) is 5.73 Å². The molecule has 0 radical (unpaired) electrons. The Hall–Kier alpha value is -1.93. The minimum absolute atomic E-state index is 0.239. The molecule has 0 spiro atoms. The lowest BCUT2D eigenvalue weighted by Gasteiger charge is -2.11. The molecule has 0 aliphatic rings.